The smallest absolute Gasteiger partial charge is 0.306 e. The minimum Gasteiger partial charge on any atom is -0.462 e. The first-order chi connectivity index (χ1) is 31.0. The van der Waals surface area contributed by atoms with Crippen LogP contribution in [-0.4, -0.2) is 37.2 Å². The lowest BCUT2D eigenvalue weighted by molar-refractivity contribution is -0.167. The van der Waals surface area contributed by atoms with Crippen LogP contribution in [0.5, 0.6) is 0 Å². The second-order valence-electron chi connectivity index (χ2n) is 18.9. The van der Waals surface area contributed by atoms with Crippen molar-refractivity contribution in [2.24, 2.45) is 0 Å². The average molecular weight is 887 g/mol. The van der Waals surface area contributed by atoms with Crippen LogP contribution in [0.4, 0.5) is 0 Å². The van der Waals surface area contributed by atoms with Gasteiger partial charge in [0.25, 0.3) is 0 Å². The summed E-state index contributed by atoms with van der Waals surface area (Å²) in [6.07, 6.45) is 60.2. The summed E-state index contributed by atoms with van der Waals surface area (Å²) in [4.78, 5) is 38.0. The number of carbonyl (C=O) groups is 3. The van der Waals surface area contributed by atoms with E-state index in [4.69, 9.17) is 14.2 Å². The van der Waals surface area contributed by atoms with Gasteiger partial charge in [-0.05, 0) is 51.4 Å². The lowest BCUT2D eigenvalue weighted by Gasteiger charge is -2.18. The molecule has 0 rings (SSSR count). The predicted octanol–water partition coefficient (Wildman–Crippen LogP) is 18.3. The molecule has 0 aliphatic carbocycles. The van der Waals surface area contributed by atoms with E-state index in [0.29, 0.717) is 19.3 Å². The molecule has 0 heterocycles. The summed E-state index contributed by atoms with van der Waals surface area (Å²) < 4.78 is 16.8. The van der Waals surface area contributed by atoms with Gasteiger partial charge in [0.1, 0.15) is 13.2 Å². The van der Waals surface area contributed by atoms with Crippen LogP contribution in [-0.2, 0) is 28.6 Å². The third kappa shape index (κ3) is 50.7. The highest BCUT2D eigenvalue weighted by molar-refractivity contribution is 5.71. The molecular weight excluding hydrogens is 781 g/mol. The molecule has 6 nitrogen and oxygen atoms in total. The van der Waals surface area contributed by atoms with Gasteiger partial charge >= 0.3 is 17.9 Å². The molecule has 0 spiro atoms. The number of esters is 3. The van der Waals surface area contributed by atoms with Gasteiger partial charge in [0.05, 0.1) is 0 Å². The number of hydrogen-bond donors (Lipinski definition) is 0. The lowest BCUT2D eigenvalue weighted by Crippen LogP contribution is -2.30. The maximum Gasteiger partial charge on any atom is 0.306 e. The van der Waals surface area contributed by atoms with Crippen LogP contribution in [0.2, 0.25) is 0 Å². The summed E-state index contributed by atoms with van der Waals surface area (Å²) in [5.74, 6) is -0.859. The predicted molar refractivity (Wildman–Crippen MR) is 270 cm³/mol. The van der Waals surface area contributed by atoms with Crippen LogP contribution in [0.1, 0.15) is 303 Å². The number of allylic oxidation sites excluding steroid dienone is 4. The van der Waals surface area contributed by atoms with E-state index in [1.54, 1.807) is 0 Å². The van der Waals surface area contributed by atoms with E-state index >= 15 is 0 Å². The second kappa shape index (κ2) is 52.5. The fourth-order valence-electron chi connectivity index (χ4n) is 8.24. The molecule has 0 N–H and O–H groups in total. The van der Waals surface area contributed by atoms with E-state index in [1.165, 1.54) is 193 Å². The fourth-order valence-corrected chi connectivity index (χ4v) is 8.24. The highest BCUT2D eigenvalue weighted by Gasteiger charge is 2.19. The maximum absolute atomic E-state index is 12.8. The van der Waals surface area contributed by atoms with E-state index in [2.05, 4.69) is 45.1 Å². The highest BCUT2D eigenvalue weighted by Crippen LogP contribution is 2.17. The zero-order valence-electron chi connectivity index (χ0n) is 42.4. The van der Waals surface area contributed by atoms with Gasteiger partial charge in [-0.2, -0.15) is 0 Å². The van der Waals surface area contributed by atoms with Crippen molar-refractivity contribution >= 4 is 17.9 Å². The number of carbonyl (C=O) groups excluding carboxylic acids is 3. The molecule has 0 aliphatic rings. The van der Waals surface area contributed by atoms with Crippen LogP contribution in [0.15, 0.2) is 24.3 Å². The first-order valence-electron chi connectivity index (χ1n) is 27.8. The van der Waals surface area contributed by atoms with Crippen molar-refractivity contribution < 1.29 is 28.6 Å². The Labute approximate surface area is 392 Å². The van der Waals surface area contributed by atoms with Crippen molar-refractivity contribution in [2.45, 2.75) is 309 Å². The third-order valence-electron chi connectivity index (χ3n) is 12.5. The molecule has 0 fully saturated rings. The van der Waals surface area contributed by atoms with Crippen molar-refractivity contribution in [3.8, 4) is 0 Å². The van der Waals surface area contributed by atoms with E-state index in [0.717, 1.165) is 70.6 Å². The zero-order valence-corrected chi connectivity index (χ0v) is 42.4. The van der Waals surface area contributed by atoms with Crippen LogP contribution in [0.25, 0.3) is 0 Å². The van der Waals surface area contributed by atoms with Gasteiger partial charge in [-0.1, -0.05) is 257 Å². The number of rotatable bonds is 51. The Bertz CT molecular complexity index is 1020. The number of ether oxygens (including phenoxy) is 3. The van der Waals surface area contributed by atoms with E-state index in [9.17, 15) is 14.4 Å². The molecule has 0 aromatic carbocycles. The Hall–Kier alpha value is -2.11. The molecular formula is C57H106O6. The van der Waals surface area contributed by atoms with Gasteiger partial charge in [0.2, 0.25) is 0 Å². The molecule has 0 radical (unpaired) electrons. The number of hydrogen-bond acceptors (Lipinski definition) is 6. The lowest BCUT2D eigenvalue weighted by atomic mass is 10.0. The third-order valence-corrected chi connectivity index (χ3v) is 12.5. The Balaban J connectivity index is 4.29. The summed E-state index contributed by atoms with van der Waals surface area (Å²) >= 11 is 0. The van der Waals surface area contributed by atoms with E-state index in [1.807, 2.05) is 0 Å². The molecule has 0 saturated heterocycles. The molecule has 0 aromatic heterocycles. The van der Waals surface area contributed by atoms with Crippen molar-refractivity contribution in [3.05, 3.63) is 24.3 Å². The molecule has 63 heavy (non-hydrogen) atoms. The summed E-state index contributed by atoms with van der Waals surface area (Å²) in [6.45, 7) is 6.64. The van der Waals surface area contributed by atoms with Gasteiger partial charge in [-0.15, -0.1) is 0 Å². The first kappa shape index (κ1) is 60.9. The minimum atomic E-state index is -0.768. The van der Waals surface area contributed by atoms with Crippen LogP contribution >= 0.6 is 0 Å². The molecule has 0 aliphatic heterocycles. The zero-order chi connectivity index (χ0) is 45.8. The van der Waals surface area contributed by atoms with Gasteiger partial charge in [0.15, 0.2) is 6.10 Å². The standard InChI is InChI=1S/C57H106O6/c1-4-7-10-13-16-19-22-24-26-28-30-32-35-37-40-43-46-49-55(58)61-52-54(63-57(60)51-48-45-42-39-34-21-18-15-12-9-6-3)53-62-56(59)50-47-44-41-38-36-33-31-29-27-25-23-20-17-14-11-8-5-2/h16,19,24,26,54H,4-15,17-18,20-23,25,27-53H2,1-3H3/b19-16-,26-24-/t54-/m1/s1. The molecule has 0 aromatic rings. The van der Waals surface area contributed by atoms with E-state index < -0.39 is 6.10 Å². The molecule has 0 bridgehead atoms. The molecule has 370 valence electrons. The van der Waals surface area contributed by atoms with Gasteiger partial charge in [0, 0.05) is 19.3 Å². The normalized spacial score (nSPS) is 12.1. The minimum absolute atomic E-state index is 0.0684. The quantitative estimate of drug-likeness (QED) is 0.0262. The maximum atomic E-state index is 12.8. The van der Waals surface area contributed by atoms with Crippen molar-refractivity contribution in [1.29, 1.82) is 0 Å². The molecule has 0 saturated carbocycles. The van der Waals surface area contributed by atoms with Gasteiger partial charge < -0.3 is 14.2 Å². The monoisotopic (exact) mass is 887 g/mol. The van der Waals surface area contributed by atoms with Gasteiger partial charge in [-0.3, -0.25) is 14.4 Å². The Kier molecular flexibility index (Phi) is 50.8. The fraction of sp³-hybridized carbons (Fsp3) is 0.877. The van der Waals surface area contributed by atoms with Crippen molar-refractivity contribution in [1.82, 2.24) is 0 Å². The summed E-state index contributed by atoms with van der Waals surface area (Å²) in [5, 5.41) is 0. The number of unbranched alkanes of at least 4 members (excludes halogenated alkanes) is 36. The Morgan fingerprint density at radius 3 is 0.905 bits per heavy atom. The Morgan fingerprint density at radius 2 is 0.571 bits per heavy atom. The average Bonchev–Trinajstić information content (AvgIpc) is 3.28. The van der Waals surface area contributed by atoms with Crippen LogP contribution in [0, 0.1) is 0 Å². The largest absolute Gasteiger partial charge is 0.462 e. The second-order valence-corrected chi connectivity index (χ2v) is 18.9. The topological polar surface area (TPSA) is 78.9 Å². The van der Waals surface area contributed by atoms with Crippen LogP contribution in [0.3, 0.4) is 0 Å². The summed E-state index contributed by atoms with van der Waals surface area (Å²) in [5.41, 5.74) is 0. The first-order valence-corrected chi connectivity index (χ1v) is 27.8. The summed E-state index contributed by atoms with van der Waals surface area (Å²) in [6, 6.07) is 0. The summed E-state index contributed by atoms with van der Waals surface area (Å²) in [7, 11) is 0. The Morgan fingerprint density at radius 1 is 0.317 bits per heavy atom. The molecule has 1 atom stereocenters. The SMILES string of the molecule is CCCCC/C=C\C/C=C\CCCCCCCCCC(=O)OC[C@H](COC(=O)CCCCCCCCCCCCCCCCCCC)OC(=O)CCCCCCCCCCCCC. The van der Waals surface area contributed by atoms with E-state index in [-0.39, 0.29) is 31.1 Å². The molecule has 0 unspecified atom stereocenters. The molecule has 0 amide bonds. The van der Waals surface area contributed by atoms with Crippen LogP contribution < -0.4 is 0 Å². The van der Waals surface area contributed by atoms with Gasteiger partial charge in [-0.25, -0.2) is 0 Å². The van der Waals surface area contributed by atoms with Crippen molar-refractivity contribution in [3.63, 3.8) is 0 Å². The van der Waals surface area contributed by atoms with Crippen molar-refractivity contribution in [2.75, 3.05) is 13.2 Å². The molecule has 6 heteroatoms. The highest BCUT2D eigenvalue weighted by atomic mass is 16.6.